The number of nitrogens with one attached hydrogen (secondary N) is 1. The van der Waals surface area contributed by atoms with Crippen molar-refractivity contribution in [2.45, 2.75) is 49.7 Å². The van der Waals surface area contributed by atoms with Crippen molar-refractivity contribution in [3.05, 3.63) is 0 Å². The van der Waals surface area contributed by atoms with Crippen LogP contribution < -0.4 is 5.32 Å². The summed E-state index contributed by atoms with van der Waals surface area (Å²) < 4.78 is 11.8. The van der Waals surface area contributed by atoms with E-state index in [9.17, 15) is 0 Å². The summed E-state index contributed by atoms with van der Waals surface area (Å²) >= 11 is 2.08. The van der Waals surface area contributed by atoms with Crippen molar-refractivity contribution in [2.75, 3.05) is 46.2 Å². The van der Waals surface area contributed by atoms with Gasteiger partial charge in [-0.25, -0.2) is 0 Å². The summed E-state index contributed by atoms with van der Waals surface area (Å²) in [6, 6.07) is 0.612. The lowest BCUT2D eigenvalue weighted by molar-refractivity contribution is -0.178. The zero-order chi connectivity index (χ0) is 14.4. The Morgan fingerprint density at radius 3 is 2.70 bits per heavy atom. The molecule has 0 amide bonds. The van der Waals surface area contributed by atoms with Gasteiger partial charge >= 0.3 is 0 Å². The van der Waals surface area contributed by atoms with E-state index in [1.807, 2.05) is 0 Å². The molecule has 0 aromatic heterocycles. The second-order valence-electron chi connectivity index (χ2n) is 6.12. The summed E-state index contributed by atoms with van der Waals surface area (Å²) in [6.45, 7) is 6.01. The van der Waals surface area contributed by atoms with Crippen molar-refractivity contribution >= 4 is 11.8 Å². The first-order valence-electron chi connectivity index (χ1n) is 7.93. The number of hydrogen-bond acceptors (Lipinski definition) is 5. The Bertz CT molecular complexity index is 283. The molecule has 1 aliphatic carbocycles. The van der Waals surface area contributed by atoms with E-state index in [1.165, 1.54) is 18.6 Å². The minimum absolute atomic E-state index is 0.264. The van der Waals surface area contributed by atoms with Gasteiger partial charge in [-0.2, -0.15) is 11.8 Å². The van der Waals surface area contributed by atoms with Crippen LogP contribution in [0.25, 0.3) is 0 Å². The van der Waals surface area contributed by atoms with Crippen molar-refractivity contribution in [3.63, 3.8) is 0 Å². The van der Waals surface area contributed by atoms with Crippen LogP contribution in [-0.2, 0) is 9.47 Å². The summed E-state index contributed by atoms with van der Waals surface area (Å²) in [5.41, 5.74) is 0. The second-order valence-corrected chi connectivity index (χ2v) is 7.47. The molecule has 2 atom stereocenters. The van der Waals surface area contributed by atoms with Gasteiger partial charge in [-0.15, -0.1) is 0 Å². The zero-order valence-electron chi connectivity index (χ0n) is 13.2. The Hall–Kier alpha value is 0.190. The van der Waals surface area contributed by atoms with Crippen LogP contribution in [0.3, 0.4) is 0 Å². The fourth-order valence-corrected chi connectivity index (χ4v) is 4.61. The van der Waals surface area contributed by atoms with Crippen molar-refractivity contribution < 1.29 is 9.47 Å². The lowest BCUT2D eigenvalue weighted by atomic mass is 9.89. The lowest BCUT2D eigenvalue weighted by Crippen LogP contribution is -2.50. The maximum Gasteiger partial charge on any atom is 0.169 e. The lowest BCUT2D eigenvalue weighted by Gasteiger charge is -2.41. The summed E-state index contributed by atoms with van der Waals surface area (Å²) in [6.07, 6.45) is 4.44. The molecule has 20 heavy (non-hydrogen) atoms. The minimum Gasteiger partial charge on any atom is -0.347 e. The zero-order valence-corrected chi connectivity index (χ0v) is 14.0. The Balaban J connectivity index is 1.87. The van der Waals surface area contributed by atoms with Crippen LogP contribution in [0.2, 0.25) is 0 Å². The van der Waals surface area contributed by atoms with Crippen LogP contribution in [0.4, 0.5) is 0 Å². The first kappa shape index (κ1) is 16.6. The van der Waals surface area contributed by atoms with Crippen LogP contribution in [0.1, 0.15) is 32.6 Å². The third-order valence-corrected chi connectivity index (χ3v) is 5.48. The van der Waals surface area contributed by atoms with Crippen LogP contribution >= 0.6 is 11.8 Å². The number of nitrogens with zero attached hydrogens (tertiary/aromatic N) is 1. The van der Waals surface area contributed by atoms with Crippen molar-refractivity contribution in [3.8, 4) is 0 Å². The Morgan fingerprint density at radius 1 is 1.30 bits per heavy atom. The molecule has 2 fully saturated rings. The monoisotopic (exact) mass is 302 g/mol. The highest BCUT2D eigenvalue weighted by Gasteiger charge is 2.44. The number of rotatable bonds is 7. The van der Waals surface area contributed by atoms with Gasteiger partial charge in [0.15, 0.2) is 5.79 Å². The fraction of sp³-hybridized carbons (Fsp3) is 1.00. The molecule has 0 aromatic carbocycles. The third-order valence-electron chi connectivity index (χ3n) is 4.14. The molecule has 0 radical (unpaired) electrons. The summed E-state index contributed by atoms with van der Waals surface area (Å²) in [5, 5.41) is 4.33. The standard InChI is InChI=1S/C15H30N2O2S/c1-4-7-16-13-5-6-15(18-9-10-19-15)12-14(13)20-11-8-17(2)3/h13-14,16H,4-12H2,1-3H3. The van der Waals surface area contributed by atoms with E-state index in [0.717, 1.165) is 39.1 Å². The van der Waals surface area contributed by atoms with Crippen molar-refractivity contribution in [2.24, 2.45) is 0 Å². The summed E-state index contributed by atoms with van der Waals surface area (Å²) in [5.74, 6) is 0.915. The van der Waals surface area contributed by atoms with E-state index in [1.54, 1.807) is 0 Å². The number of hydrogen-bond donors (Lipinski definition) is 1. The Morgan fingerprint density at radius 2 is 2.05 bits per heavy atom. The predicted molar refractivity (Wildman–Crippen MR) is 85.4 cm³/mol. The summed E-state index contributed by atoms with van der Waals surface area (Å²) in [7, 11) is 4.28. The van der Waals surface area contributed by atoms with E-state index in [0.29, 0.717) is 11.3 Å². The van der Waals surface area contributed by atoms with E-state index < -0.39 is 0 Å². The highest BCUT2D eigenvalue weighted by molar-refractivity contribution is 8.00. The van der Waals surface area contributed by atoms with E-state index >= 15 is 0 Å². The van der Waals surface area contributed by atoms with E-state index in [-0.39, 0.29) is 5.79 Å². The quantitative estimate of drug-likeness (QED) is 0.777. The van der Waals surface area contributed by atoms with Gasteiger partial charge in [0.1, 0.15) is 0 Å². The fourth-order valence-electron chi connectivity index (χ4n) is 3.00. The van der Waals surface area contributed by atoms with Crippen molar-refractivity contribution in [1.82, 2.24) is 10.2 Å². The second kappa shape index (κ2) is 7.99. The van der Waals surface area contributed by atoms with Gasteiger partial charge in [-0.05, 0) is 33.5 Å². The molecule has 2 unspecified atom stereocenters. The maximum atomic E-state index is 5.92. The molecule has 5 heteroatoms. The maximum absolute atomic E-state index is 5.92. The highest BCUT2D eigenvalue weighted by Crippen LogP contribution is 2.40. The van der Waals surface area contributed by atoms with Gasteiger partial charge in [0.05, 0.1) is 13.2 Å². The van der Waals surface area contributed by atoms with Gasteiger partial charge in [-0.3, -0.25) is 0 Å². The number of ether oxygens (including phenoxy) is 2. The molecule has 1 aliphatic heterocycles. The van der Waals surface area contributed by atoms with Crippen molar-refractivity contribution in [1.29, 1.82) is 0 Å². The van der Waals surface area contributed by atoms with Gasteiger partial charge in [0.25, 0.3) is 0 Å². The largest absolute Gasteiger partial charge is 0.347 e. The molecule has 1 saturated heterocycles. The van der Waals surface area contributed by atoms with E-state index in [4.69, 9.17) is 9.47 Å². The average molecular weight is 302 g/mol. The van der Waals surface area contributed by atoms with E-state index in [2.05, 4.69) is 43.0 Å². The summed E-state index contributed by atoms with van der Waals surface area (Å²) in [4.78, 5) is 2.25. The SMILES string of the molecule is CCCNC1CCC2(CC1SCCN(C)C)OCCO2. The molecular formula is C15H30N2O2S. The molecule has 1 N–H and O–H groups in total. The Kier molecular flexibility index (Phi) is 6.62. The van der Waals surface area contributed by atoms with Crippen LogP contribution in [0.15, 0.2) is 0 Å². The first-order chi connectivity index (χ1) is 9.65. The smallest absolute Gasteiger partial charge is 0.169 e. The molecule has 1 saturated carbocycles. The molecule has 2 aliphatic rings. The van der Waals surface area contributed by atoms with Gasteiger partial charge in [0, 0.05) is 36.4 Å². The normalized spacial score (nSPS) is 29.4. The molecule has 1 spiro atoms. The molecule has 118 valence electrons. The predicted octanol–water partition coefficient (Wildman–Crippen LogP) is 1.94. The van der Waals surface area contributed by atoms with Gasteiger partial charge in [-0.1, -0.05) is 6.92 Å². The van der Waals surface area contributed by atoms with Crippen LogP contribution in [0.5, 0.6) is 0 Å². The molecule has 0 aromatic rings. The molecule has 0 bridgehead atoms. The van der Waals surface area contributed by atoms with Crippen LogP contribution in [0, 0.1) is 0 Å². The average Bonchev–Trinajstić information content (AvgIpc) is 2.86. The van der Waals surface area contributed by atoms with Crippen LogP contribution in [-0.4, -0.2) is 68.1 Å². The molecule has 4 nitrogen and oxygen atoms in total. The molecule has 2 rings (SSSR count). The first-order valence-corrected chi connectivity index (χ1v) is 8.98. The topological polar surface area (TPSA) is 33.7 Å². The third kappa shape index (κ3) is 4.60. The highest BCUT2D eigenvalue weighted by atomic mass is 32.2. The number of thioether (sulfide) groups is 1. The molecule has 1 heterocycles. The van der Waals surface area contributed by atoms with Gasteiger partial charge in [0.2, 0.25) is 0 Å². The Labute approximate surface area is 127 Å². The molecular weight excluding hydrogens is 272 g/mol. The van der Waals surface area contributed by atoms with Gasteiger partial charge < -0.3 is 19.7 Å². The minimum atomic E-state index is -0.264.